The SMILES string of the molecule is CC(Nc1ncnc2cc(Cl)ccc12)c1ccc(-n2cncn2)cc1. The number of benzene rings is 2. The van der Waals surface area contributed by atoms with Gasteiger partial charge in [-0.1, -0.05) is 23.7 Å². The summed E-state index contributed by atoms with van der Waals surface area (Å²) in [6.45, 7) is 2.09. The molecule has 0 saturated carbocycles. The molecule has 4 aromatic rings. The zero-order valence-corrected chi connectivity index (χ0v) is 14.2. The Hall–Kier alpha value is -2.99. The first kappa shape index (κ1) is 15.5. The van der Waals surface area contributed by atoms with Gasteiger partial charge in [0.2, 0.25) is 0 Å². The maximum absolute atomic E-state index is 6.04. The highest BCUT2D eigenvalue weighted by Gasteiger charge is 2.10. The number of aromatic nitrogens is 5. The van der Waals surface area contributed by atoms with Crippen molar-refractivity contribution in [2.45, 2.75) is 13.0 Å². The summed E-state index contributed by atoms with van der Waals surface area (Å²) in [6, 6.07) is 13.8. The van der Waals surface area contributed by atoms with Gasteiger partial charge in [0.1, 0.15) is 24.8 Å². The minimum Gasteiger partial charge on any atom is -0.363 e. The summed E-state index contributed by atoms with van der Waals surface area (Å²) in [6.07, 6.45) is 4.74. The van der Waals surface area contributed by atoms with Crippen molar-refractivity contribution in [1.29, 1.82) is 0 Å². The molecule has 124 valence electrons. The molecule has 1 atom stereocenters. The highest BCUT2D eigenvalue weighted by molar-refractivity contribution is 6.31. The molecule has 1 unspecified atom stereocenters. The van der Waals surface area contributed by atoms with E-state index in [0.717, 1.165) is 28.0 Å². The van der Waals surface area contributed by atoms with Crippen molar-refractivity contribution in [2.75, 3.05) is 5.32 Å². The molecule has 6 nitrogen and oxygen atoms in total. The number of hydrogen-bond donors (Lipinski definition) is 1. The van der Waals surface area contributed by atoms with E-state index in [4.69, 9.17) is 11.6 Å². The Labute approximate surface area is 149 Å². The van der Waals surface area contributed by atoms with Crippen LogP contribution in [0.3, 0.4) is 0 Å². The quantitative estimate of drug-likeness (QED) is 0.601. The molecule has 1 N–H and O–H groups in total. The van der Waals surface area contributed by atoms with Crippen LogP contribution in [0.5, 0.6) is 0 Å². The monoisotopic (exact) mass is 350 g/mol. The van der Waals surface area contributed by atoms with Crippen molar-refractivity contribution in [3.63, 3.8) is 0 Å². The van der Waals surface area contributed by atoms with Crippen LogP contribution in [0, 0.1) is 0 Å². The number of nitrogens with zero attached hydrogens (tertiary/aromatic N) is 5. The molecule has 0 radical (unpaired) electrons. The van der Waals surface area contributed by atoms with Crippen LogP contribution < -0.4 is 5.32 Å². The first-order valence-electron chi connectivity index (χ1n) is 7.82. The van der Waals surface area contributed by atoms with E-state index in [0.29, 0.717) is 5.02 Å². The standard InChI is InChI=1S/C18H15ClN6/c1-12(13-2-5-15(6-3-13)25-11-20-9-23-25)24-18-16-7-4-14(19)8-17(16)21-10-22-18/h2-12H,1H3,(H,21,22,24). The second-order valence-corrected chi connectivity index (χ2v) is 6.12. The molecule has 4 rings (SSSR count). The summed E-state index contributed by atoms with van der Waals surface area (Å²) in [5.74, 6) is 0.787. The van der Waals surface area contributed by atoms with Crippen molar-refractivity contribution in [1.82, 2.24) is 24.7 Å². The number of fused-ring (bicyclic) bond motifs is 1. The predicted molar refractivity (Wildman–Crippen MR) is 97.9 cm³/mol. The van der Waals surface area contributed by atoms with E-state index in [1.54, 1.807) is 17.3 Å². The van der Waals surface area contributed by atoms with Gasteiger partial charge in [-0.25, -0.2) is 19.6 Å². The molecule has 7 heteroatoms. The lowest BCUT2D eigenvalue weighted by atomic mass is 10.1. The molecule has 0 bridgehead atoms. The third-order valence-corrected chi connectivity index (χ3v) is 4.26. The number of halogens is 1. The number of anilines is 1. The molecule has 2 heterocycles. The van der Waals surface area contributed by atoms with Gasteiger partial charge >= 0.3 is 0 Å². The maximum atomic E-state index is 6.04. The lowest BCUT2D eigenvalue weighted by Crippen LogP contribution is -2.09. The normalized spacial score (nSPS) is 12.2. The van der Waals surface area contributed by atoms with E-state index < -0.39 is 0 Å². The van der Waals surface area contributed by atoms with Crippen molar-refractivity contribution < 1.29 is 0 Å². The molecular formula is C18H15ClN6. The molecule has 0 saturated heterocycles. The van der Waals surface area contributed by atoms with Gasteiger partial charge in [-0.3, -0.25) is 0 Å². The van der Waals surface area contributed by atoms with Crippen LogP contribution in [0.4, 0.5) is 5.82 Å². The molecule has 25 heavy (non-hydrogen) atoms. The molecule has 0 fully saturated rings. The maximum Gasteiger partial charge on any atom is 0.138 e. The molecule has 2 aromatic heterocycles. The average Bonchev–Trinajstić information content (AvgIpc) is 3.16. The van der Waals surface area contributed by atoms with Crippen LogP contribution in [-0.2, 0) is 0 Å². The van der Waals surface area contributed by atoms with E-state index in [2.05, 4.69) is 44.4 Å². The van der Waals surface area contributed by atoms with E-state index in [1.807, 2.05) is 30.3 Å². The van der Waals surface area contributed by atoms with E-state index in [9.17, 15) is 0 Å². The van der Waals surface area contributed by atoms with Gasteiger partial charge in [-0.05, 0) is 42.8 Å². The Morgan fingerprint density at radius 2 is 1.88 bits per heavy atom. The Morgan fingerprint density at radius 3 is 2.64 bits per heavy atom. The summed E-state index contributed by atoms with van der Waals surface area (Å²) in [5.41, 5.74) is 2.93. The first-order chi connectivity index (χ1) is 12.2. The molecular weight excluding hydrogens is 336 g/mol. The smallest absolute Gasteiger partial charge is 0.138 e. The van der Waals surface area contributed by atoms with Crippen LogP contribution in [0.2, 0.25) is 5.02 Å². The highest BCUT2D eigenvalue weighted by atomic mass is 35.5. The summed E-state index contributed by atoms with van der Waals surface area (Å²) in [5, 5.41) is 9.18. The van der Waals surface area contributed by atoms with Gasteiger partial charge in [-0.15, -0.1) is 0 Å². The minimum absolute atomic E-state index is 0.0820. The Morgan fingerprint density at radius 1 is 1.04 bits per heavy atom. The fraction of sp³-hybridized carbons (Fsp3) is 0.111. The predicted octanol–water partition coefficient (Wildman–Crippen LogP) is 4.04. The van der Waals surface area contributed by atoms with Gasteiger partial charge in [0.15, 0.2) is 0 Å². The number of nitrogens with one attached hydrogen (secondary N) is 1. The topological polar surface area (TPSA) is 68.5 Å². The average molecular weight is 351 g/mol. The van der Waals surface area contributed by atoms with Crippen molar-refractivity contribution in [2.24, 2.45) is 0 Å². The van der Waals surface area contributed by atoms with Gasteiger partial charge in [-0.2, -0.15) is 5.10 Å². The molecule has 0 aliphatic heterocycles. The lowest BCUT2D eigenvalue weighted by Gasteiger charge is -2.16. The van der Waals surface area contributed by atoms with Crippen LogP contribution >= 0.6 is 11.6 Å². The van der Waals surface area contributed by atoms with E-state index in [-0.39, 0.29) is 6.04 Å². The third kappa shape index (κ3) is 3.16. The fourth-order valence-corrected chi connectivity index (χ4v) is 2.86. The summed E-state index contributed by atoms with van der Waals surface area (Å²) < 4.78 is 1.73. The van der Waals surface area contributed by atoms with Crippen molar-refractivity contribution in [3.8, 4) is 5.69 Å². The Bertz CT molecular complexity index is 998. The second kappa shape index (κ2) is 6.49. The lowest BCUT2D eigenvalue weighted by molar-refractivity contribution is 0.859. The van der Waals surface area contributed by atoms with Gasteiger partial charge in [0, 0.05) is 16.5 Å². The molecule has 0 aliphatic carbocycles. The molecule has 2 aromatic carbocycles. The Balaban J connectivity index is 1.59. The fourth-order valence-electron chi connectivity index (χ4n) is 2.69. The zero-order chi connectivity index (χ0) is 17.2. The number of hydrogen-bond acceptors (Lipinski definition) is 5. The van der Waals surface area contributed by atoms with Crippen LogP contribution in [-0.4, -0.2) is 24.7 Å². The largest absolute Gasteiger partial charge is 0.363 e. The van der Waals surface area contributed by atoms with Crippen LogP contribution in [0.25, 0.3) is 16.6 Å². The van der Waals surface area contributed by atoms with E-state index >= 15 is 0 Å². The van der Waals surface area contributed by atoms with Gasteiger partial charge < -0.3 is 5.32 Å². The summed E-state index contributed by atoms with van der Waals surface area (Å²) in [4.78, 5) is 12.6. The zero-order valence-electron chi connectivity index (χ0n) is 13.5. The molecule has 0 spiro atoms. The second-order valence-electron chi connectivity index (χ2n) is 5.68. The molecule has 0 aliphatic rings. The van der Waals surface area contributed by atoms with Gasteiger partial charge in [0.05, 0.1) is 11.2 Å². The van der Waals surface area contributed by atoms with Crippen molar-refractivity contribution >= 4 is 28.3 Å². The molecule has 0 amide bonds. The van der Waals surface area contributed by atoms with Crippen LogP contribution in [0.15, 0.2) is 61.4 Å². The third-order valence-electron chi connectivity index (χ3n) is 4.03. The van der Waals surface area contributed by atoms with Crippen LogP contribution in [0.1, 0.15) is 18.5 Å². The summed E-state index contributed by atoms with van der Waals surface area (Å²) in [7, 11) is 0. The number of rotatable bonds is 4. The first-order valence-corrected chi connectivity index (χ1v) is 8.20. The summed E-state index contributed by atoms with van der Waals surface area (Å²) >= 11 is 6.04. The van der Waals surface area contributed by atoms with Crippen molar-refractivity contribution in [3.05, 3.63) is 72.0 Å². The minimum atomic E-state index is 0.0820. The highest BCUT2D eigenvalue weighted by Crippen LogP contribution is 2.26. The Kier molecular flexibility index (Phi) is 4.03. The van der Waals surface area contributed by atoms with Gasteiger partial charge in [0.25, 0.3) is 0 Å². The van der Waals surface area contributed by atoms with E-state index in [1.165, 1.54) is 6.33 Å².